The number of nitrogens with one attached hydrogen (secondary N) is 1. The molecule has 0 saturated carbocycles. The molecule has 4 aromatic rings. The van der Waals surface area contributed by atoms with Gasteiger partial charge in [-0.05, 0) is 47.9 Å². The summed E-state index contributed by atoms with van der Waals surface area (Å²) in [6.45, 7) is 4.97. The van der Waals surface area contributed by atoms with Crippen molar-refractivity contribution in [3.63, 3.8) is 0 Å². The summed E-state index contributed by atoms with van der Waals surface area (Å²) in [5.74, 6) is 0. The number of aryl methyl sites for hydroxylation is 1. The van der Waals surface area contributed by atoms with Crippen LogP contribution in [0.2, 0.25) is 0 Å². The van der Waals surface area contributed by atoms with Crippen LogP contribution < -0.4 is 10.2 Å². The maximum atomic E-state index is 4.32. The summed E-state index contributed by atoms with van der Waals surface area (Å²) in [7, 11) is 0. The molecular weight excluding hydrogens is 368 g/mol. The number of benzene rings is 3. The molecule has 1 unspecified atom stereocenters. The molecular formula is C26H26N4. The summed E-state index contributed by atoms with van der Waals surface area (Å²) in [5.41, 5.74) is 7.30. The lowest BCUT2D eigenvalue weighted by atomic mass is 9.99. The fraction of sp³-hybridized carbons (Fsp3) is 0.192. The zero-order valence-corrected chi connectivity index (χ0v) is 17.2. The van der Waals surface area contributed by atoms with E-state index in [0.717, 1.165) is 31.0 Å². The first-order chi connectivity index (χ1) is 14.8. The summed E-state index contributed by atoms with van der Waals surface area (Å²) >= 11 is 0. The molecule has 1 aliphatic rings. The maximum absolute atomic E-state index is 4.32. The average molecular weight is 395 g/mol. The molecule has 2 heterocycles. The molecule has 1 aromatic heterocycles. The standard InChI is InChI=1S/C26H26N4/c1-20-17-30(19-28-20)25-13-11-24(12-14-25)29-16-15-27-26(18-29)23-9-7-22(8-10-23)21-5-3-2-4-6-21/h2-14,17,19,26-27H,15-16,18H2,1H3. The normalized spacial score (nSPS) is 16.6. The molecule has 150 valence electrons. The van der Waals surface area contributed by atoms with Gasteiger partial charge in [0, 0.05) is 43.2 Å². The Labute approximate surface area is 177 Å². The van der Waals surface area contributed by atoms with E-state index in [1.54, 1.807) is 0 Å². The monoisotopic (exact) mass is 394 g/mol. The Morgan fingerprint density at radius 1 is 0.833 bits per heavy atom. The van der Waals surface area contributed by atoms with E-state index in [1.807, 2.05) is 13.3 Å². The van der Waals surface area contributed by atoms with Crippen LogP contribution in [0.4, 0.5) is 5.69 Å². The molecule has 4 nitrogen and oxygen atoms in total. The van der Waals surface area contributed by atoms with Crippen LogP contribution in [0.25, 0.3) is 16.8 Å². The smallest absolute Gasteiger partial charge is 0.0995 e. The van der Waals surface area contributed by atoms with Crippen LogP contribution >= 0.6 is 0 Å². The van der Waals surface area contributed by atoms with Crippen LogP contribution in [-0.4, -0.2) is 29.2 Å². The highest BCUT2D eigenvalue weighted by molar-refractivity contribution is 5.63. The highest BCUT2D eigenvalue weighted by atomic mass is 15.2. The average Bonchev–Trinajstić information content (AvgIpc) is 3.26. The Morgan fingerprint density at radius 3 is 2.23 bits per heavy atom. The first-order valence-corrected chi connectivity index (χ1v) is 10.5. The first-order valence-electron chi connectivity index (χ1n) is 10.5. The number of rotatable bonds is 4. The number of piperazine rings is 1. The number of anilines is 1. The summed E-state index contributed by atoms with van der Waals surface area (Å²) in [6.07, 6.45) is 3.92. The summed E-state index contributed by atoms with van der Waals surface area (Å²) < 4.78 is 2.06. The van der Waals surface area contributed by atoms with Gasteiger partial charge in [0.2, 0.25) is 0 Å². The number of nitrogens with zero attached hydrogens (tertiary/aromatic N) is 3. The van der Waals surface area contributed by atoms with E-state index in [0.29, 0.717) is 6.04 Å². The fourth-order valence-corrected chi connectivity index (χ4v) is 4.14. The number of aromatic nitrogens is 2. The lowest BCUT2D eigenvalue weighted by Crippen LogP contribution is -2.45. The van der Waals surface area contributed by atoms with Gasteiger partial charge in [0.05, 0.1) is 12.0 Å². The molecule has 0 spiro atoms. The second-order valence-corrected chi connectivity index (χ2v) is 7.88. The van der Waals surface area contributed by atoms with Crippen LogP contribution in [0.3, 0.4) is 0 Å². The van der Waals surface area contributed by atoms with E-state index in [1.165, 1.54) is 22.4 Å². The quantitative estimate of drug-likeness (QED) is 0.529. The van der Waals surface area contributed by atoms with Gasteiger partial charge in [0.1, 0.15) is 0 Å². The minimum atomic E-state index is 0.333. The van der Waals surface area contributed by atoms with Crippen molar-refractivity contribution in [1.29, 1.82) is 0 Å². The molecule has 1 aliphatic heterocycles. The van der Waals surface area contributed by atoms with Gasteiger partial charge in [0.15, 0.2) is 0 Å². The second-order valence-electron chi connectivity index (χ2n) is 7.88. The summed E-state index contributed by atoms with van der Waals surface area (Å²) in [5, 5.41) is 3.68. The third-order valence-corrected chi connectivity index (χ3v) is 5.82. The predicted molar refractivity (Wildman–Crippen MR) is 123 cm³/mol. The Bertz CT molecular complexity index is 1100. The molecule has 3 aromatic carbocycles. The van der Waals surface area contributed by atoms with Crippen molar-refractivity contribution < 1.29 is 0 Å². The van der Waals surface area contributed by atoms with Gasteiger partial charge in [-0.2, -0.15) is 0 Å². The van der Waals surface area contributed by atoms with Crippen molar-refractivity contribution in [2.24, 2.45) is 0 Å². The lowest BCUT2D eigenvalue weighted by Gasteiger charge is -2.35. The fourth-order valence-electron chi connectivity index (χ4n) is 4.14. The Balaban J connectivity index is 1.30. The largest absolute Gasteiger partial charge is 0.368 e. The van der Waals surface area contributed by atoms with Crippen molar-refractivity contribution in [3.05, 3.63) is 103 Å². The first kappa shape index (κ1) is 18.6. The minimum absolute atomic E-state index is 0.333. The SMILES string of the molecule is Cc1cn(-c2ccc(N3CCNC(c4ccc(-c5ccccc5)cc4)C3)cc2)cn1. The van der Waals surface area contributed by atoms with E-state index in [9.17, 15) is 0 Å². The highest BCUT2D eigenvalue weighted by Gasteiger charge is 2.21. The van der Waals surface area contributed by atoms with Gasteiger partial charge < -0.3 is 14.8 Å². The summed E-state index contributed by atoms with van der Waals surface area (Å²) in [4.78, 5) is 6.79. The molecule has 4 heteroatoms. The molecule has 1 N–H and O–H groups in total. The van der Waals surface area contributed by atoms with Crippen molar-refractivity contribution in [2.45, 2.75) is 13.0 Å². The van der Waals surface area contributed by atoms with Crippen molar-refractivity contribution in [1.82, 2.24) is 14.9 Å². The van der Waals surface area contributed by atoms with Gasteiger partial charge in [-0.1, -0.05) is 54.6 Å². The topological polar surface area (TPSA) is 33.1 Å². The predicted octanol–water partition coefficient (Wildman–Crippen LogP) is 5.00. The van der Waals surface area contributed by atoms with Crippen molar-refractivity contribution in [2.75, 3.05) is 24.5 Å². The highest BCUT2D eigenvalue weighted by Crippen LogP contribution is 2.26. The van der Waals surface area contributed by atoms with Crippen LogP contribution in [0, 0.1) is 6.92 Å². The molecule has 30 heavy (non-hydrogen) atoms. The number of hydrogen-bond acceptors (Lipinski definition) is 3. The molecule has 1 saturated heterocycles. The van der Waals surface area contributed by atoms with E-state index < -0.39 is 0 Å². The van der Waals surface area contributed by atoms with Gasteiger partial charge in [0.25, 0.3) is 0 Å². The molecule has 0 radical (unpaired) electrons. The van der Waals surface area contributed by atoms with Crippen LogP contribution in [-0.2, 0) is 0 Å². The third kappa shape index (κ3) is 3.87. The number of hydrogen-bond donors (Lipinski definition) is 1. The van der Waals surface area contributed by atoms with E-state index in [-0.39, 0.29) is 0 Å². The van der Waals surface area contributed by atoms with Gasteiger partial charge >= 0.3 is 0 Å². The van der Waals surface area contributed by atoms with Crippen molar-refractivity contribution >= 4 is 5.69 Å². The van der Waals surface area contributed by atoms with Gasteiger partial charge in [-0.25, -0.2) is 4.98 Å². The Kier molecular flexibility index (Phi) is 5.08. The Hall–Kier alpha value is -3.37. The zero-order chi connectivity index (χ0) is 20.3. The molecule has 1 atom stereocenters. The molecule has 0 aliphatic carbocycles. The second kappa shape index (κ2) is 8.17. The minimum Gasteiger partial charge on any atom is -0.368 e. The van der Waals surface area contributed by atoms with E-state index in [4.69, 9.17) is 0 Å². The van der Waals surface area contributed by atoms with Crippen molar-refractivity contribution in [3.8, 4) is 16.8 Å². The van der Waals surface area contributed by atoms with E-state index >= 15 is 0 Å². The van der Waals surface area contributed by atoms with Crippen LogP contribution in [0.5, 0.6) is 0 Å². The van der Waals surface area contributed by atoms with Crippen LogP contribution in [0.1, 0.15) is 17.3 Å². The van der Waals surface area contributed by atoms with Gasteiger partial charge in [-0.15, -0.1) is 0 Å². The van der Waals surface area contributed by atoms with Crippen LogP contribution in [0.15, 0.2) is 91.4 Å². The van der Waals surface area contributed by atoms with Gasteiger partial charge in [-0.3, -0.25) is 0 Å². The molecule has 0 amide bonds. The zero-order valence-electron chi connectivity index (χ0n) is 17.2. The maximum Gasteiger partial charge on any atom is 0.0995 e. The molecule has 1 fully saturated rings. The summed E-state index contributed by atoms with van der Waals surface area (Å²) in [6, 6.07) is 28.6. The third-order valence-electron chi connectivity index (χ3n) is 5.82. The Morgan fingerprint density at radius 2 is 1.53 bits per heavy atom. The lowest BCUT2D eigenvalue weighted by molar-refractivity contribution is 0.472. The number of imidazole rings is 1. The molecule has 0 bridgehead atoms. The molecule has 5 rings (SSSR count). The van der Waals surface area contributed by atoms with E-state index in [2.05, 4.69) is 105 Å².